The lowest BCUT2D eigenvalue weighted by Gasteiger charge is -2.08. The lowest BCUT2D eigenvalue weighted by atomic mass is 10.0. The van der Waals surface area contributed by atoms with Gasteiger partial charge in [-0.1, -0.05) is 71.4 Å². The average molecular weight is 382 g/mol. The zero-order chi connectivity index (χ0) is 17.6. The molecule has 0 aliphatic rings. The summed E-state index contributed by atoms with van der Waals surface area (Å²) in [7, 11) is 0. The van der Waals surface area contributed by atoms with E-state index < -0.39 is 0 Å². The monoisotopic (exact) mass is 381 g/mol. The number of hydrogen-bond acceptors (Lipinski definition) is 2. The minimum atomic E-state index is 0.537. The minimum absolute atomic E-state index is 0.537. The molecule has 0 fully saturated rings. The third kappa shape index (κ3) is 4.46. The van der Waals surface area contributed by atoms with Gasteiger partial charge in [-0.3, -0.25) is 0 Å². The second-order valence-corrected chi connectivity index (χ2v) is 7.20. The molecule has 0 unspecified atom stereocenters. The van der Waals surface area contributed by atoms with Gasteiger partial charge in [-0.05, 0) is 48.0 Å². The first kappa shape index (κ1) is 17.6. The van der Waals surface area contributed by atoms with Crippen molar-refractivity contribution in [1.29, 1.82) is 5.26 Å². The predicted molar refractivity (Wildman–Crippen MR) is 107 cm³/mol. The molecular weight excluding hydrogens is 369 g/mol. The summed E-state index contributed by atoms with van der Waals surface area (Å²) in [6.45, 7) is 0. The molecule has 25 heavy (non-hydrogen) atoms. The first-order chi connectivity index (χ1) is 12.2. The fourth-order valence-electron chi connectivity index (χ4n) is 2.33. The Hall–Kier alpha value is -2.18. The highest BCUT2D eigenvalue weighted by atomic mass is 35.5. The van der Waals surface area contributed by atoms with Crippen LogP contribution in [0.1, 0.15) is 11.1 Å². The molecule has 0 aromatic heterocycles. The van der Waals surface area contributed by atoms with Crippen LogP contribution in [-0.4, -0.2) is 0 Å². The van der Waals surface area contributed by atoms with Gasteiger partial charge in [0.25, 0.3) is 0 Å². The van der Waals surface area contributed by atoms with Crippen LogP contribution >= 0.6 is 35.0 Å². The summed E-state index contributed by atoms with van der Waals surface area (Å²) in [6, 6.07) is 25.3. The van der Waals surface area contributed by atoms with Crippen molar-refractivity contribution < 1.29 is 0 Å². The van der Waals surface area contributed by atoms with Crippen LogP contribution in [0.25, 0.3) is 11.6 Å². The summed E-state index contributed by atoms with van der Waals surface area (Å²) in [4.78, 5) is 2.14. The highest BCUT2D eigenvalue weighted by molar-refractivity contribution is 7.99. The topological polar surface area (TPSA) is 23.8 Å². The maximum atomic E-state index is 9.58. The van der Waals surface area contributed by atoms with E-state index in [1.54, 1.807) is 17.8 Å². The fourth-order valence-corrected chi connectivity index (χ4v) is 3.61. The molecule has 0 heterocycles. The number of nitrogens with zero attached hydrogens (tertiary/aromatic N) is 1. The second kappa shape index (κ2) is 8.27. The Morgan fingerprint density at radius 1 is 0.880 bits per heavy atom. The van der Waals surface area contributed by atoms with Crippen molar-refractivity contribution in [2.24, 2.45) is 0 Å². The van der Waals surface area contributed by atoms with Crippen molar-refractivity contribution in [3.05, 3.63) is 94.0 Å². The van der Waals surface area contributed by atoms with Crippen LogP contribution in [0, 0.1) is 11.3 Å². The molecule has 3 rings (SSSR count). The molecule has 0 atom stereocenters. The minimum Gasteiger partial charge on any atom is -0.192 e. The Morgan fingerprint density at radius 3 is 2.28 bits per heavy atom. The Morgan fingerprint density at radius 2 is 1.56 bits per heavy atom. The molecule has 4 heteroatoms. The molecule has 1 nitrogen and oxygen atoms in total. The van der Waals surface area contributed by atoms with Crippen molar-refractivity contribution >= 4 is 46.6 Å². The van der Waals surface area contributed by atoms with E-state index in [4.69, 9.17) is 23.2 Å². The maximum Gasteiger partial charge on any atom is 0.0998 e. The molecule has 0 saturated heterocycles. The second-order valence-electron chi connectivity index (χ2n) is 5.24. The van der Waals surface area contributed by atoms with E-state index in [0.717, 1.165) is 20.9 Å². The Labute approximate surface area is 161 Å². The highest BCUT2D eigenvalue weighted by Gasteiger charge is 2.08. The lowest BCUT2D eigenvalue weighted by Crippen LogP contribution is -1.85. The van der Waals surface area contributed by atoms with Gasteiger partial charge < -0.3 is 0 Å². The SMILES string of the molecule is N#CC(=Cc1ccccc1Sc1ccc(Cl)cc1)c1ccccc1Cl. The zero-order valence-corrected chi connectivity index (χ0v) is 15.4. The van der Waals surface area contributed by atoms with E-state index in [-0.39, 0.29) is 0 Å². The van der Waals surface area contributed by atoms with Crippen LogP contribution in [0.15, 0.2) is 82.6 Å². The van der Waals surface area contributed by atoms with Gasteiger partial charge in [-0.25, -0.2) is 0 Å². The van der Waals surface area contributed by atoms with Crippen molar-refractivity contribution in [2.45, 2.75) is 9.79 Å². The van der Waals surface area contributed by atoms with Crippen molar-refractivity contribution in [3.8, 4) is 6.07 Å². The summed E-state index contributed by atoms with van der Waals surface area (Å²) >= 11 is 13.8. The summed E-state index contributed by atoms with van der Waals surface area (Å²) < 4.78 is 0. The highest BCUT2D eigenvalue weighted by Crippen LogP contribution is 2.33. The van der Waals surface area contributed by atoms with E-state index in [1.165, 1.54) is 0 Å². The maximum absolute atomic E-state index is 9.58. The van der Waals surface area contributed by atoms with E-state index in [2.05, 4.69) is 6.07 Å². The number of halogens is 2. The van der Waals surface area contributed by atoms with Crippen molar-refractivity contribution in [2.75, 3.05) is 0 Å². The van der Waals surface area contributed by atoms with Gasteiger partial charge in [0, 0.05) is 25.4 Å². The molecule has 3 aromatic carbocycles. The molecule has 122 valence electrons. The predicted octanol–water partition coefficient (Wildman–Crippen LogP) is 7.21. The van der Waals surface area contributed by atoms with E-state index >= 15 is 0 Å². The van der Waals surface area contributed by atoms with Gasteiger partial charge >= 0.3 is 0 Å². The van der Waals surface area contributed by atoms with E-state index in [1.807, 2.05) is 72.8 Å². The van der Waals surface area contributed by atoms with Gasteiger partial charge in [-0.15, -0.1) is 0 Å². The van der Waals surface area contributed by atoms with Gasteiger partial charge in [0.1, 0.15) is 0 Å². The molecule has 0 saturated carbocycles. The van der Waals surface area contributed by atoms with Crippen LogP contribution in [0.5, 0.6) is 0 Å². The first-order valence-electron chi connectivity index (χ1n) is 7.56. The third-order valence-electron chi connectivity index (χ3n) is 3.54. The summed E-state index contributed by atoms with van der Waals surface area (Å²) in [5.74, 6) is 0. The van der Waals surface area contributed by atoms with Crippen LogP contribution in [0.4, 0.5) is 0 Å². The number of allylic oxidation sites excluding steroid dienone is 1. The van der Waals surface area contributed by atoms with E-state index in [0.29, 0.717) is 15.6 Å². The normalized spacial score (nSPS) is 11.2. The van der Waals surface area contributed by atoms with Crippen molar-refractivity contribution in [3.63, 3.8) is 0 Å². The van der Waals surface area contributed by atoms with Gasteiger partial charge in [-0.2, -0.15) is 5.26 Å². The van der Waals surface area contributed by atoms with Crippen LogP contribution in [-0.2, 0) is 0 Å². The number of benzene rings is 3. The van der Waals surface area contributed by atoms with Crippen LogP contribution in [0.3, 0.4) is 0 Å². The van der Waals surface area contributed by atoms with Crippen LogP contribution in [0.2, 0.25) is 10.0 Å². The molecular formula is C21H13Cl2NS. The molecule has 0 spiro atoms. The largest absolute Gasteiger partial charge is 0.192 e. The summed E-state index contributed by atoms with van der Waals surface area (Å²) in [5.41, 5.74) is 2.24. The Bertz CT molecular complexity index is 956. The van der Waals surface area contributed by atoms with Crippen LogP contribution < -0.4 is 0 Å². The molecule has 0 amide bonds. The summed E-state index contributed by atoms with van der Waals surface area (Å²) in [5, 5.41) is 10.9. The molecule has 3 aromatic rings. The average Bonchev–Trinajstić information content (AvgIpc) is 2.63. The smallest absolute Gasteiger partial charge is 0.0998 e. The van der Waals surface area contributed by atoms with Gasteiger partial charge in [0.15, 0.2) is 0 Å². The summed E-state index contributed by atoms with van der Waals surface area (Å²) in [6.07, 6.45) is 1.87. The van der Waals surface area contributed by atoms with E-state index in [9.17, 15) is 5.26 Å². The quantitative estimate of drug-likeness (QED) is 0.352. The molecule has 0 radical (unpaired) electrons. The third-order valence-corrected chi connectivity index (χ3v) is 5.23. The first-order valence-corrected chi connectivity index (χ1v) is 9.14. The molecule has 0 bridgehead atoms. The Balaban J connectivity index is 1.99. The lowest BCUT2D eigenvalue weighted by molar-refractivity contribution is 1.38. The molecule has 0 aliphatic heterocycles. The van der Waals surface area contributed by atoms with Gasteiger partial charge in [0.2, 0.25) is 0 Å². The number of nitriles is 1. The zero-order valence-electron chi connectivity index (χ0n) is 13.1. The standard InChI is InChI=1S/C21H13Cl2NS/c22-17-9-11-18(12-10-17)25-21-8-4-1-5-15(21)13-16(14-24)19-6-2-3-7-20(19)23/h1-13H. The number of rotatable bonds is 4. The molecule has 0 aliphatic carbocycles. The van der Waals surface area contributed by atoms with Crippen molar-refractivity contribution in [1.82, 2.24) is 0 Å². The fraction of sp³-hybridized carbons (Fsp3) is 0. The molecule has 0 N–H and O–H groups in total. The number of hydrogen-bond donors (Lipinski definition) is 0. The van der Waals surface area contributed by atoms with Gasteiger partial charge in [0.05, 0.1) is 11.6 Å². The Kier molecular flexibility index (Phi) is 5.83.